The Balaban J connectivity index is 2.24. The fourth-order valence-electron chi connectivity index (χ4n) is 1.86. The molecule has 0 unspecified atom stereocenters. The predicted molar refractivity (Wildman–Crippen MR) is 84.7 cm³/mol. The molecule has 2 rings (SSSR count). The summed E-state index contributed by atoms with van der Waals surface area (Å²) < 4.78 is 0. The molecule has 0 heterocycles. The highest BCUT2D eigenvalue weighted by Crippen LogP contribution is 2.32. The molecule has 0 fully saturated rings. The second kappa shape index (κ2) is 6.04. The van der Waals surface area contributed by atoms with Gasteiger partial charge in [0.25, 0.3) is 0 Å². The molecule has 0 spiro atoms. The van der Waals surface area contributed by atoms with Gasteiger partial charge in [0.05, 0.1) is 10.0 Å². The van der Waals surface area contributed by atoms with Crippen molar-refractivity contribution in [1.29, 1.82) is 0 Å². The van der Waals surface area contributed by atoms with E-state index in [2.05, 4.69) is 25.2 Å². The molecular weight excluding hydrogens is 301 g/mol. The minimum Gasteiger partial charge on any atom is -0.381 e. The van der Waals surface area contributed by atoms with Gasteiger partial charge < -0.3 is 5.32 Å². The second-order valence-electron chi connectivity index (χ2n) is 4.42. The zero-order valence-electron chi connectivity index (χ0n) is 10.7. The summed E-state index contributed by atoms with van der Waals surface area (Å²) in [5.41, 5.74) is 4.36. The van der Waals surface area contributed by atoms with Crippen LogP contribution in [0.5, 0.6) is 0 Å². The molecule has 100 valence electrons. The smallest absolute Gasteiger partial charge is 0.0657 e. The van der Waals surface area contributed by atoms with Crippen LogP contribution in [0.2, 0.25) is 15.1 Å². The monoisotopic (exact) mass is 313 g/mol. The van der Waals surface area contributed by atoms with Gasteiger partial charge in [-0.05, 0) is 43.2 Å². The van der Waals surface area contributed by atoms with E-state index in [1.54, 1.807) is 12.1 Å². The van der Waals surface area contributed by atoms with Crippen LogP contribution in [0.15, 0.2) is 30.3 Å². The van der Waals surface area contributed by atoms with E-state index in [0.29, 0.717) is 21.6 Å². The summed E-state index contributed by atoms with van der Waals surface area (Å²) in [6.45, 7) is 4.71. The molecular formula is C15H14Cl3N. The van der Waals surface area contributed by atoms with Gasteiger partial charge in [0.2, 0.25) is 0 Å². The van der Waals surface area contributed by atoms with Crippen LogP contribution < -0.4 is 5.32 Å². The van der Waals surface area contributed by atoms with Gasteiger partial charge in [0.1, 0.15) is 0 Å². The average Bonchev–Trinajstić information content (AvgIpc) is 2.39. The minimum atomic E-state index is 0.506. The maximum Gasteiger partial charge on any atom is 0.0657 e. The van der Waals surface area contributed by atoms with Crippen LogP contribution in [0.1, 0.15) is 16.7 Å². The summed E-state index contributed by atoms with van der Waals surface area (Å²) in [4.78, 5) is 0. The van der Waals surface area contributed by atoms with E-state index in [1.807, 2.05) is 12.1 Å². The molecule has 1 nitrogen and oxygen atoms in total. The maximum atomic E-state index is 6.18. The summed E-state index contributed by atoms with van der Waals surface area (Å²) >= 11 is 18.3. The Kier molecular flexibility index (Phi) is 4.62. The van der Waals surface area contributed by atoms with Crippen LogP contribution in [0, 0.1) is 13.8 Å². The maximum absolute atomic E-state index is 6.18. The third-order valence-electron chi connectivity index (χ3n) is 3.20. The highest BCUT2D eigenvalue weighted by Gasteiger charge is 2.10. The van der Waals surface area contributed by atoms with Crippen molar-refractivity contribution in [2.75, 3.05) is 5.32 Å². The molecule has 2 aromatic carbocycles. The number of nitrogens with one attached hydrogen (secondary N) is 1. The highest BCUT2D eigenvalue weighted by atomic mass is 35.5. The van der Waals surface area contributed by atoms with E-state index in [4.69, 9.17) is 34.8 Å². The first kappa shape index (κ1) is 14.5. The zero-order valence-corrected chi connectivity index (χ0v) is 13.0. The van der Waals surface area contributed by atoms with Gasteiger partial charge in [-0.3, -0.25) is 0 Å². The number of anilines is 1. The molecule has 19 heavy (non-hydrogen) atoms. The van der Waals surface area contributed by atoms with E-state index >= 15 is 0 Å². The van der Waals surface area contributed by atoms with Crippen molar-refractivity contribution < 1.29 is 0 Å². The summed E-state index contributed by atoms with van der Waals surface area (Å²) in [5, 5.41) is 4.99. The van der Waals surface area contributed by atoms with Gasteiger partial charge in [-0.15, -0.1) is 0 Å². The lowest BCUT2D eigenvalue weighted by Gasteiger charge is -2.14. The highest BCUT2D eigenvalue weighted by molar-refractivity contribution is 6.44. The van der Waals surface area contributed by atoms with Gasteiger partial charge in [-0.2, -0.15) is 0 Å². The standard InChI is InChI=1S/C15H14Cl3N/c1-9-4-3-5-14(10(9)2)19-8-11-12(16)6-7-13(17)15(11)18/h3-7,19H,8H2,1-2H3. The van der Waals surface area contributed by atoms with Crippen LogP contribution in [-0.4, -0.2) is 0 Å². The Morgan fingerprint density at radius 3 is 2.37 bits per heavy atom. The Morgan fingerprint density at radius 1 is 0.947 bits per heavy atom. The topological polar surface area (TPSA) is 12.0 Å². The molecule has 0 aliphatic heterocycles. The Hall–Kier alpha value is -0.890. The fraction of sp³-hybridized carbons (Fsp3) is 0.200. The zero-order chi connectivity index (χ0) is 14.0. The lowest BCUT2D eigenvalue weighted by atomic mass is 10.1. The lowest BCUT2D eigenvalue weighted by Crippen LogP contribution is -2.03. The predicted octanol–water partition coefficient (Wildman–Crippen LogP) is 5.88. The second-order valence-corrected chi connectivity index (χ2v) is 5.62. The van der Waals surface area contributed by atoms with Crippen molar-refractivity contribution in [3.8, 4) is 0 Å². The summed E-state index contributed by atoms with van der Waals surface area (Å²) in [6.07, 6.45) is 0. The number of aryl methyl sites for hydroxylation is 1. The van der Waals surface area contributed by atoms with Crippen molar-refractivity contribution in [2.24, 2.45) is 0 Å². The molecule has 0 saturated heterocycles. The van der Waals surface area contributed by atoms with Crippen molar-refractivity contribution in [3.63, 3.8) is 0 Å². The molecule has 0 atom stereocenters. The van der Waals surface area contributed by atoms with E-state index in [-0.39, 0.29) is 0 Å². The first-order valence-corrected chi connectivity index (χ1v) is 7.06. The van der Waals surface area contributed by atoms with Crippen molar-refractivity contribution in [2.45, 2.75) is 20.4 Å². The van der Waals surface area contributed by atoms with Gasteiger partial charge in [-0.1, -0.05) is 46.9 Å². The van der Waals surface area contributed by atoms with Gasteiger partial charge in [0, 0.05) is 22.8 Å². The number of hydrogen-bond donors (Lipinski definition) is 1. The molecule has 0 radical (unpaired) electrons. The molecule has 1 N–H and O–H groups in total. The van der Waals surface area contributed by atoms with Crippen LogP contribution in [0.25, 0.3) is 0 Å². The first-order valence-electron chi connectivity index (χ1n) is 5.93. The van der Waals surface area contributed by atoms with Gasteiger partial charge in [-0.25, -0.2) is 0 Å². The number of hydrogen-bond acceptors (Lipinski definition) is 1. The SMILES string of the molecule is Cc1cccc(NCc2c(Cl)ccc(Cl)c2Cl)c1C. The first-order chi connectivity index (χ1) is 9.00. The summed E-state index contributed by atoms with van der Waals surface area (Å²) in [5.74, 6) is 0. The quantitative estimate of drug-likeness (QED) is 0.698. The molecule has 0 bridgehead atoms. The Labute approximate surface area is 128 Å². The third kappa shape index (κ3) is 3.17. The molecule has 0 amide bonds. The Morgan fingerprint density at radius 2 is 1.63 bits per heavy atom. The molecule has 0 aromatic heterocycles. The number of halogens is 3. The molecule has 0 aliphatic carbocycles. The van der Waals surface area contributed by atoms with E-state index < -0.39 is 0 Å². The summed E-state index contributed by atoms with van der Waals surface area (Å²) in [7, 11) is 0. The average molecular weight is 315 g/mol. The molecule has 0 saturated carbocycles. The lowest BCUT2D eigenvalue weighted by molar-refractivity contribution is 1.13. The molecule has 4 heteroatoms. The van der Waals surface area contributed by atoms with Crippen molar-refractivity contribution >= 4 is 40.5 Å². The van der Waals surface area contributed by atoms with Gasteiger partial charge in [0.15, 0.2) is 0 Å². The summed E-state index contributed by atoms with van der Waals surface area (Å²) in [6, 6.07) is 9.60. The van der Waals surface area contributed by atoms with Crippen LogP contribution in [0.4, 0.5) is 5.69 Å². The third-order valence-corrected chi connectivity index (χ3v) is 4.40. The van der Waals surface area contributed by atoms with Crippen LogP contribution >= 0.6 is 34.8 Å². The van der Waals surface area contributed by atoms with Crippen molar-refractivity contribution in [1.82, 2.24) is 0 Å². The number of rotatable bonds is 3. The van der Waals surface area contributed by atoms with E-state index in [9.17, 15) is 0 Å². The van der Waals surface area contributed by atoms with Gasteiger partial charge >= 0.3 is 0 Å². The minimum absolute atomic E-state index is 0.506. The van der Waals surface area contributed by atoms with Crippen LogP contribution in [0.3, 0.4) is 0 Å². The van der Waals surface area contributed by atoms with E-state index in [0.717, 1.165) is 11.3 Å². The Bertz CT molecular complexity index is 609. The molecule has 0 aliphatic rings. The fourth-order valence-corrected chi connectivity index (χ4v) is 2.54. The van der Waals surface area contributed by atoms with E-state index in [1.165, 1.54) is 11.1 Å². The number of benzene rings is 2. The largest absolute Gasteiger partial charge is 0.381 e. The van der Waals surface area contributed by atoms with Crippen LogP contribution in [-0.2, 0) is 6.54 Å². The van der Waals surface area contributed by atoms with Crippen molar-refractivity contribution in [3.05, 3.63) is 62.1 Å². The normalized spacial score (nSPS) is 10.6. The molecule has 2 aromatic rings.